The van der Waals surface area contributed by atoms with Crippen molar-refractivity contribution in [3.63, 3.8) is 0 Å². The summed E-state index contributed by atoms with van der Waals surface area (Å²) >= 11 is 1.44. The van der Waals surface area contributed by atoms with Crippen molar-refractivity contribution in [3.05, 3.63) is 29.1 Å². The molecule has 0 atom stereocenters. The van der Waals surface area contributed by atoms with Crippen molar-refractivity contribution in [2.45, 2.75) is 0 Å². The van der Waals surface area contributed by atoms with Crippen molar-refractivity contribution >= 4 is 33.0 Å². The van der Waals surface area contributed by atoms with Gasteiger partial charge in [0.1, 0.15) is 4.88 Å². The van der Waals surface area contributed by atoms with Crippen molar-refractivity contribution in [1.82, 2.24) is 4.90 Å². The molecule has 0 bridgehead atoms. The number of likely N-dealkylation sites (N-methyl/N-ethyl adjacent to an activating group) is 1. The number of rotatable bonds is 4. The van der Waals surface area contributed by atoms with Gasteiger partial charge in [-0.2, -0.15) is 0 Å². The third-order valence-corrected chi connectivity index (χ3v) is 3.98. The third kappa shape index (κ3) is 2.32. The van der Waals surface area contributed by atoms with Crippen LogP contribution in [-0.2, 0) is 4.74 Å². The average Bonchev–Trinajstić information content (AvgIpc) is 2.73. The minimum Gasteiger partial charge on any atom is -0.397 e. The van der Waals surface area contributed by atoms with E-state index < -0.39 is 0 Å². The molecule has 0 radical (unpaired) electrons. The van der Waals surface area contributed by atoms with Crippen molar-refractivity contribution in [1.29, 1.82) is 0 Å². The van der Waals surface area contributed by atoms with E-state index in [9.17, 15) is 4.79 Å². The fourth-order valence-corrected chi connectivity index (χ4v) is 2.84. The Balaban J connectivity index is 2.30. The molecule has 0 aliphatic carbocycles. The molecule has 5 heteroatoms. The molecule has 0 saturated heterocycles. The lowest BCUT2D eigenvalue weighted by atomic mass is 10.2. The molecule has 2 rings (SSSR count). The van der Waals surface area contributed by atoms with E-state index in [2.05, 4.69) is 0 Å². The van der Waals surface area contributed by atoms with Crippen molar-refractivity contribution < 1.29 is 9.53 Å². The Labute approximate surface area is 110 Å². The predicted octanol–water partition coefficient (Wildman–Crippen LogP) is 2.20. The Morgan fingerprint density at radius 1 is 1.44 bits per heavy atom. The summed E-state index contributed by atoms with van der Waals surface area (Å²) < 4.78 is 6.01. The SMILES string of the molecule is COCCN(C)C(=O)c1sc2ccccc2c1N. The highest BCUT2D eigenvalue weighted by molar-refractivity contribution is 7.21. The molecule has 0 fully saturated rings. The van der Waals surface area contributed by atoms with Gasteiger partial charge < -0.3 is 15.4 Å². The Bertz CT molecular complexity index is 565. The highest BCUT2D eigenvalue weighted by Crippen LogP contribution is 2.33. The van der Waals surface area contributed by atoms with Gasteiger partial charge in [-0.3, -0.25) is 4.79 Å². The summed E-state index contributed by atoms with van der Waals surface area (Å²) in [7, 11) is 3.37. The molecule has 0 aliphatic heterocycles. The molecule has 18 heavy (non-hydrogen) atoms. The Hall–Kier alpha value is -1.59. The summed E-state index contributed by atoms with van der Waals surface area (Å²) in [5, 5.41) is 0.950. The van der Waals surface area contributed by atoms with Gasteiger partial charge in [-0.1, -0.05) is 18.2 Å². The number of benzene rings is 1. The fraction of sp³-hybridized carbons (Fsp3) is 0.308. The lowest BCUT2D eigenvalue weighted by Crippen LogP contribution is -2.29. The number of nitrogen functional groups attached to an aromatic ring is 1. The standard InChI is InChI=1S/C13H16N2O2S/c1-15(7-8-17-2)13(16)12-11(14)9-5-3-4-6-10(9)18-12/h3-6H,7-8,14H2,1-2H3. The molecule has 2 N–H and O–H groups in total. The van der Waals surface area contributed by atoms with Crippen LogP contribution in [0.15, 0.2) is 24.3 Å². The summed E-state index contributed by atoms with van der Waals surface area (Å²) in [6, 6.07) is 7.78. The van der Waals surface area contributed by atoms with Crippen LogP contribution in [0, 0.1) is 0 Å². The first kappa shape index (κ1) is 12.9. The molecular formula is C13H16N2O2S. The molecule has 0 spiro atoms. The van der Waals surface area contributed by atoms with E-state index in [4.69, 9.17) is 10.5 Å². The van der Waals surface area contributed by atoms with E-state index in [0.29, 0.717) is 23.7 Å². The van der Waals surface area contributed by atoms with E-state index in [0.717, 1.165) is 10.1 Å². The second-order valence-electron chi connectivity index (χ2n) is 4.06. The third-order valence-electron chi connectivity index (χ3n) is 2.81. The van der Waals surface area contributed by atoms with Gasteiger partial charge in [0, 0.05) is 30.8 Å². The quantitative estimate of drug-likeness (QED) is 0.921. The number of hydrogen-bond donors (Lipinski definition) is 1. The number of nitrogens with two attached hydrogens (primary N) is 1. The van der Waals surface area contributed by atoms with Crippen LogP contribution in [0.25, 0.3) is 10.1 Å². The molecule has 1 aromatic heterocycles. The number of carbonyl (C=O) groups is 1. The van der Waals surface area contributed by atoms with Crippen LogP contribution in [0.3, 0.4) is 0 Å². The number of nitrogens with zero attached hydrogens (tertiary/aromatic N) is 1. The normalized spacial score (nSPS) is 10.8. The van der Waals surface area contributed by atoms with E-state index >= 15 is 0 Å². The summed E-state index contributed by atoms with van der Waals surface area (Å²) in [6.45, 7) is 1.08. The number of anilines is 1. The van der Waals surface area contributed by atoms with Crippen LogP contribution >= 0.6 is 11.3 Å². The molecule has 4 nitrogen and oxygen atoms in total. The zero-order chi connectivity index (χ0) is 13.1. The second kappa shape index (κ2) is 5.37. The number of hydrogen-bond acceptors (Lipinski definition) is 4. The van der Waals surface area contributed by atoms with Gasteiger partial charge in [0.05, 0.1) is 12.3 Å². The Morgan fingerprint density at radius 3 is 2.83 bits per heavy atom. The van der Waals surface area contributed by atoms with E-state index in [1.807, 2.05) is 24.3 Å². The van der Waals surface area contributed by atoms with Crippen LogP contribution < -0.4 is 5.73 Å². The first-order valence-corrected chi connectivity index (χ1v) is 6.48. The Morgan fingerprint density at radius 2 is 2.17 bits per heavy atom. The average molecular weight is 264 g/mol. The van der Waals surface area contributed by atoms with Gasteiger partial charge in [-0.25, -0.2) is 0 Å². The van der Waals surface area contributed by atoms with Gasteiger partial charge in [-0.15, -0.1) is 11.3 Å². The molecule has 1 heterocycles. The summed E-state index contributed by atoms with van der Waals surface area (Å²) in [5.74, 6) is -0.0502. The van der Waals surface area contributed by atoms with Gasteiger partial charge >= 0.3 is 0 Å². The van der Waals surface area contributed by atoms with Crippen LogP contribution in [0.2, 0.25) is 0 Å². The van der Waals surface area contributed by atoms with Gasteiger partial charge in [0.15, 0.2) is 0 Å². The van der Waals surface area contributed by atoms with E-state index in [1.165, 1.54) is 11.3 Å². The summed E-state index contributed by atoms with van der Waals surface area (Å²) in [4.78, 5) is 14.5. The Kier molecular flexibility index (Phi) is 3.84. The largest absolute Gasteiger partial charge is 0.397 e. The topological polar surface area (TPSA) is 55.6 Å². The number of ether oxygens (including phenoxy) is 1. The number of fused-ring (bicyclic) bond motifs is 1. The minimum absolute atomic E-state index is 0.0502. The molecule has 1 aromatic carbocycles. The summed E-state index contributed by atoms with van der Waals surface area (Å²) in [6.07, 6.45) is 0. The molecular weight excluding hydrogens is 248 g/mol. The monoisotopic (exact) mass is 264 g/mol. The fourth-order valence-electron chi connectivity index (χ4n) is 1.73. The van der Waals surface area contributed by atoms with Gasteiger partial charge in [-0.05, 0) is 6.07 Å². The van der Waals surface area contributed by atoms with Crippen LogP contribution in [0.5, 0.6) is 0 Å². The van der Waals surface area contributed by atoms with Crippen molar-refractivity contribution in [2.75, 3.05) is 33.0 Å². The molecule has 2 aromatic rings. The van der Waals surface area contributed by atoms with Crippen molar-refractivity contribution in [3.8, 4) is 0 Å². The zero-order valence-electron chi connectivity index (χ0n) is 10.5. The maximum atomic E-state index is 12.2. The smallest absolute Gasteiger partial charge is 0.265 e. The van der Waals surface area contributed by atoms with E-state index in [1.54, 1.807) is 19.1 Å². The zero-order valence-corrected chi connectivity index (χ0v) is 11.3. The van der Waals surface area contributed by atoms with E-state index in [-0.39, 0.29) is 5.91 Å². The highest BCUT2D eigenvalue weighted by Gasteiger charge is 2.19. The maximum Gasteiger partial charge on any atom is 0.265 e. The molecule has 0 unspecified atom stereocenters. The van der Waals surface area contributed by atoms with Gasteiger partial charge in [0.2, 0.25) is 0 Å². The first-order valence-electron chi connectivity index (χ1n) is 5.66. The van der Waals surface area contributed by atoms with Crippen LogP contribution in [-0.4, -0.2) is 38.1 Å². The molecule has 96 valence electrons. The summed E-state index contributed by atoms with van der Waals surface area (Å²) in [5.41, 5.74) is 6.61. The van der Waals surface area contributed by atoms with Crippen LogP contribution in [0.4, 0.5) is 5.69 Å². The number of thiophene rings is 1. The van der Waals surface area contributed by atoms with Gasteiger partial charge in [0.25, 0.3) is 5.91 Å². The lowest BCUT2D eigenvalue weighted by molar-refractivity contribution is 0.0750. The number of carbonyl (C=O) groups excluding carboxylic acids is 1. The molecule has 0 saturated carbocycles. The lowest BCUT2D eigenvalue weighted by Gasteiger charge is -2.15. The first-order chi connectivity index (χ1) is 8.65. The van der Waals surface area contributed by atoms with Crippen LogP contribution in [0.1, 0.15) is 9.67 Å². The second-order valence-corrected chi connectivity index (χ2v) is 5.11. The molecule has 0 aliphatic rings. The molecule has 1 amide bonds. The number of amides is 1. The predicted molar refractivity (Wildman–Crippen MR) is 75.1 cm³/mol. The highest BCUT2D eigenvalue weighted by atomic mass is 32.1. The maximum absolute atomic E-state index is 12.2. The minimum atomic E-state index is -0.0502. The van der Waals surface area contributed by atoms with Crippen molar-refractivity contribution in [2.24, 2.45) is 0 Å². The number of methoxy groups -OCH3 is 1.